The smallest absolute Gasteiger partial charge is 0.224 e. The molecule has 1 aliphatic rings. The molecule has 2 rings (SSSR count). The first-order valence-corrected chi connectivity index (χ1v) is 6.23. The molecule has 0 spiro atoms. The first-order valence-electron chi connectivity index (χ1n) is 6.23. The highest BCUT2D eigenvalue weighted by Crippen LogP contribution is 2.10. The highest BCUT2D eigenvalue weighted by Gasteiger charge is 2.22. The Morgan fingerprint density at radius 2 is 2.55 bits per heavy atom. The maximum atomic E-state index is 11.3. The van der Waals surface area contributed by atoms with Crippen LogP contribution in [0.25, 0.3) is 0 Å². The van der Waals surface area contributed by atoms with Crippen LogP contribution in [0.5, 0.6) is 0 Å². The van der Waals surface area contributed by atoms with Gasteiger partial charge < -0.3 is 20.7 Å². The third kappa shape index (κ3) is 3.33. The van der Waals surface area contributed by atoms with Crippen molar-refractivity contribution in [2.45, 2.75) is 13.0 Å². The van der Waals surface area contributed by atoms with E-state index in [4.69, 9.17) is 15.7 Å². The van der Waals surface area contributed by atoms with E-state index in [0.29, 0.717) is 32.2 Å². The van der Waals surface area contributed by atoms with Crippen molar-refractivity contribution < 1.29 is 9.53 Å². The summed E-state index contributed by atoms with van der Waals surface area (Å²) in [5, 5.41) is 11.7. The van der Waals surface area contributed by atoms with Gasteiger partial charge in [-0.1, -0.05) is 0 Å². The molecule has 0 aliphatic carbocycles. The van der Waals surface area contributed by atoms with Crippen molar-refractivity contribution in [1.29, 1.82) is 5.26 Å². The third-order valence-corrected chi connectivity index (χ3v) is 3.01. The van der Waals surface area contributed by atoms with Crippen LogP contribution in [0.1, 0.15) is 12.5 Å². The predicted molar refractivity (Wildman–Crippen MR) is 71.6 cm³/mol. The summed E-state index contributed by atoms with van der Waals surface area (Å²) in [4.78, 5) is 21.0. The maximum absolute atomic E-state index is 11.3. The standard InChI is InChI=1S/C12H16N6O2/c1-8(19)18-2-3-20-10(7-18)6-16-12-15-5-9(4-13)11(14)17-12/h5,10H,2-3,6-7H2,1H3,(H3,14,15,16,17)/t10-/m0/s1. The van der Waals surface area contributed by atoms with Crippen LogP contribution in [-0.2, 0) is 9.53 Å². The Bertz CT molecular complexity index is 541. The number of hydrogen-bond donors (Lipinski definition) is 2. The van der Waals surface area contributed by atoms with Crippen LogP contribution < -0.4 is 11.1 Å². The molecule has 8 heteroatoms. The zero-order chi connectivity index (χ0) is 14.5. The van der Waals surface area contributed by atoms with Gasteiger partial charge in [0.15, 0.2) is 0 Å². The van der Waals surface area contributed by atoms with Gasteiger partial charge in [-0.3, -0.25) is 4.79 Å². The number of nitrogens with two attached hydrogens (primary N) is 1. The molecular weight excluding hydrogens is 260 g/mol. The van der Waals surface area contributed by atoms with Crippen LogP contribution in [0.4, 0.5) is 11.8 Å². The summed E-state index contributed by atoms with van der Waals surface area (Å²) < 4.78 is 5.56. The average Bonchev–Trinajstić information content (AvgIpc) is 2.45. The van der Waals surface area contributed by atoms with Gasteiger partial charge in [0.1, 0.15) is 17.5 Å². The van der Waals surface area contributed by atoms with Gasteiger partial charge in [-0.15, -0.1) is 0 Å². The largest absolute Gasteiger partial charge is 0.382 e. The lowest BCUT2D eigenvalue weighted by atomic mass is 10.2. The number of nitriles is 1. The van der Waals surface area contributed by atoms with E-state index in [1.807, 2.05) is 6.07 Å². The fourth-order valence-electron chi connectivity index (χ4n) is 1.90. The molecule has 8 nitrogen and oxygen atoms in total. The monoisotopic (exact) mass is 276 g/mol. The zero-order valence-corrected chi connectivity index (χ0v) is 11.2. The average molecular weight is 276 g/mol. The summed E-state index contributed by atoms with van der Waals surface area (Å²) >= 11 is 0. The fourth-order valence-corrected chi connectivity index (χ4v) is 1.90. The molecule has 2 heterocycles. The van der Waals surface area contributed by atoms with E-state index in [0.717, 1.165) is 0 Å². The summed E-state index contributed by atoms with van der Waals surface area (Å²) in [6.07, 6.45) is 1.25. The fraction of sp³-hybridized carbons (Fsp3) is 0.500. The van der Waals surface area contributed by atoms with Crippen LogP contribution in [0.2, 0.25) is 0 Å². The molecule has 0 saturated carbocycles. The Morgan fingerprint density at radius 3 is 3.20 bits per heavy atom. The molecule has 3 N–H and O–H groups in total. The Labute approximate surface area is 116 Å². The van der Waals surface area contributed by atoms with Gasteiger partial charge in [0, 0.05) is 26.6 Å². The summed E-state index contributed by atoms with van der Waals surface area (Å²) in [6.45, 7) is 3.68. The van der Waals surface area contributed by atoms with Crippen LogP contribution in [0.3, 0.4) is 0 Å². The van der Waals surface area contributed by atoms with Gasteiger partial charge in [-0.05, 0) is 0 Å². The molecular formula is C12H16N6O2. The topological polar surface area (TPSA) is 117 Å². The molecule has 1 amide bonds. The number of amides is 1. The SMILES string of the molecule is CC(=O)N1CCO[C@@H](CNc2ncc(C#N)c(N)n2)C1. The lowest BCUT2D eigenvalue weighted by Crippen LogP contribution is -2.47. The van der Waals surface area contributed by atoms with E-state index in [1.54, 1.807) is 11.8 Å². The van der Waals surface area contributed by atoms with Gasteiger partial charge in [-0.25, -0.2) is 4.98 Å². The van der Waals surface area contributed by atoms with Gasteiger partial charge in [-0.2, -0.15) is 10.2 Å². The zero-order valence-electron chi connectivity index (χ0n) is 11.2. The van der Waals surface area contributed by atoms with Gasteiger partial charge >= 0.3 is 0 Å². The molecule has 1 aromatic heterocycles. The molecule has 0 radical (unpaired) electrons. The van der Waals surface area contributed by atoms with E-state index in [2.05, 4.69) is 15.3 Å². The van der Waals surface area contributed by atoms with Crippen molar-refractivity contribution >= 4 is 17.7 Å². The summed E-state index contributed by atoms with van der Waals surface area (Å²) in [7, 11) is 0. The molecule has 0 bridgehead atoms. The molecule has 0 aromatic carbocycles. The quantitative estimate of drug-likeness (QED) is 0.770. The first-order chi connectivity index (χ1) is 9.60. The molecule has 1 aromatic rings. The number of nitrogens with one attached hydrogen (secondary N) is 1. The van der Waals surface area contributed by atoms with Crippen molar-refractivity contribution in [2.24, 2.45) is 0 Å². The molecule has 1 aliphatic heterocycles. The molecule has 0 unspecified atom stereocenters. The Morgan fingerprint density at radius 1 is 1.75 bits per heavy atom. The molecule has 106 valence electrons. The van der Waals surface area contributed by atoms with E-state index in [-0.39, 0.29) is 23.4 Å². The number of morpholine rings is 1. The summed E-state index contributed by atoms with van der Waals surface area (Å²) in [5.41, 5.74) is 5.85. The number of aromatic nitrogens is 2. The van der Waals surface area contributed by atoms with Crippen LogP contribution >= 0.6 is 0 Å². The Hall–Kier alpha value is -2.40. The van der Waals surface area contributed by atoms with E-state index >= 15 is 0 Å². The summed E-state index contributed by atoms with van der Waals surface area (Å²) in [6, 6.07) is 1.90. The minimum absolute atomic E-state index is 0.0390. The third-order valence-electron chi connectivity index (χ3n) is 3.01. The van der Waals surface area contributed by atoms with Crippen LogP contribution in [0.15, 0.2) is 6.20 Å². The number of anilines is 2. The van der Waals surface area contributed by atoms with Gasteiger partial charge in [0.25, 0.3) is 0 Å². The van der Waals surface area contributed by atoms with E-state index < -0.39 is 0 Å². The van der Waals surface area contributed by atoms with Crippen molar-refractivity contribution in [2.75, 3.05) is 37.3 Å². The number of ether oxygens (including phenoxy) is 1. The highest BCUT2D eigenvalue weighted by molar-refractivity contribution is 5.73. The second-order valence-electron chi connectivity index (χ2n) is 4.44. The minimum atomic E-state index is -0.117. The Balaban J connectivity index is 1.90. The number of nitrogen functional groups attached to an aromatic ring is 1. The van der Waals surface area contributed by atoms with Crippen molar-refractivity contribution in [3.05, 3.63) is 11.8 Å². The van der Waals surface area contributed by atoms with Crippen molar-refractivity contribution in [3.63, 3.8) is 0 Å². The lowest BCUT2D eigenvalue weighted by Gasteiger charge is -2.32. The number of hydrogen-bond acceptors (Lipinski definition) is 7. The Kier molecular flexibility index (Phi) is 4.32. The van der Waals surface area contributed by atoms with E-state index in [9.17, 15) is 4.79 Å². The second kappa shape index (κ2) is 6.16. The first kappa shape index (κ1) is 14.0. The molecule has 1 fully saturated rings. The van der Waals surface area contributed by atoms with Gasteiger partial charge in [0.2, 0.25) is 11.9 Å². The normalized spacial score (nSPS) is 18.4. The highest BCUT2D eigenvalue weighted by atomic mass is 16.5. The minimum Gasteiger partial charge on any atom is -0.382 e. The van der Waals surface area contributed by atoms with E-state index in [1.165, 1.54) is 6.20 Å². The number of carbonyl (C=O) groups is 1. The molecule has 20 heavy (non-hydrogen) atoms. The van der Waals surface area contributed by atoms with Gasteiger partial charge in [0.05, 0.1) is 18.9 Å². The summed E-state index contributed by atoms with van der Waals surface area (Å²) in [5.74, 6) is 0.516. The second-order valence-corrected chi connectivity index (χ2v) is 4.44. The number of carbonyl (C=O) groups excluding carboxylic acids is 1. The molecule has 1 saturated heterocycles. The number of nitrogens with zero attached hydrogens (tertiary/aromatic N) is 4. The van der Waals surface area contributed by atoms with Crippen molar-refractivity contribution in [3.8, 4) is 6.07 Å². The van der Waals surface area contributed by atoms with Crippen LogP contribution in [-0.4, -0.2) is 53.1 Å². The maximum Gasteiger partial charge on any atom is 0.224 e. The predicted octanol–water partition coefficient (Wildman–Crippen LogP) is -0.410. The molecule has 1 atom stereocenters. The number of rotatable bonds is 3. The van der Waals surface area contributed by atoms with Crippen LogP contribution in [0, 0.1) is 11.3 Å². The lowest BCUT2D eigenvalue weighted by molar-refractivity contribution is -0.135. The van der Waals surface area contributed by atoms with Crippen molar-refractivity contribution in [1.82, 2.24) is 14.9 Å².